The van der Waals surface area contributed by atoms with Crippen LogP contribution >= 0.6 is 0 Å². The molecule has 2 aliphatic rings. The Morgan fingerprint density at radius 1 is 0.897 bits per heavy atom. The Bertz CT molecular complexity index is 1280. The molecule has 0 aromatic heterocycles. The van der Waals surface area contributed by atoms with Crippen LogP contribution in [0, 0.1) is 0 Å². The molecule has 0 aliphatic carbocycles. The van der Waals surface area contributed by atoms with E-state index in [2.05, 4.69) is 4.74 Å². The molecular weight excluding hydrogens is 528 g/mol. The zero-order valence-electron chi connectivity index (χ0n) is 19.8. The summed E-state index contributed by atoms with van der Waals surface area (Å²) in [5, 5.41) is 89.8. The minimum atomic E-state index is -1.87. The predicted octanol–water partition coefficient (Wildman–Crippen LogP) is -0.606. The molecule has 1 saturated heterocycles. The molecule has 0 spiro atoms. The van der Waals surface area contributed by atoms with E-state index < -0.39 is 84.8 Å². The highest BCUT2D eigenvalue weighted by molar-refractivity contribution is 5.90. The molecule has 2 aromatic carbocycles. The Labute approximate surface area is 218 Å². The Morgan fingerprint density at radius 2 is 1.56 bits per heavy atom. The van der Waals surface area contributed by atoms with Gasteiger partial charge in [0.05, 0.1) is 11.6 Å². The SMILES string of the molecule is O=C(O)CC(=O)OCC1O[C@@H](OC2=Cc3c(O)cc(O)cc3[OH+]C2c2cc(O)c(O)c(O)c2)C(O)C(O)[C@@H]1O. The summed E-state index contributed by atoms with van der Waals surface area (Å²) in [6.07, 6.45) is -9.66. The quantitative estimate of drug-likeness (QED) is 0.0897. The number of aliphatic hydroxyl groups is 4. The number of hydrogen-bond acceptors (Lipinski definition) is 13. The molecule has 2 heterocycles. The lowest BCUT2D eigenvalue weighted by atomic mass is 9.98. The molecule has 4 rings (SSSR count). The van der Waals surface area contributed by atoms with E-state index in [-0.39, 0.29) is 28.4 Å². The van der Waals surface area contributed by atoms with Crippen LogP contribution in [0.3, 0.4) is 0 Å². The van der Waals surface area contributed by atoms with Crippen molar-refractivity contribution < 1.29 is 74.5 Å². The molecule has 15 nitrogen and oxygen atoms in total. The van der Waals surface area contributed by atoms with E-state index >= 15 is 0 Å². The Kier molecular flexibility index (Phi) is 7.60. The molecule has 15 heteroatoms. The van der Waals surface area contributed by atoms with E-state index in [9.17, 15) is 50.4 Å². The number of aliphatic hydroxyl groups excluding tert-OH is 3. The van der Waals surface area contributed by atoms with E-state index in [1.807, 2.05) is 0 Å². The van der Waals surface area contributed by atoms with Crippen molar-refractivity contribution in [2.75, 3.05) is 6.61 Å². The second-order valence-electron chi connectivity index (χ2n) is 8.77. The van der Waals surface area contributed by atoms with E-state index in [0.717, 1.165) is 18.2 Å². The van der Waals surface area contributed by atoms with Crippen molar-refractivity contribution in [3.63, 3.8) is 0 Å². The average Bonchev–Trinajstić information content (AvgIpc) is 2.86. The highest BCUT2D eigenvalue weighted by Gasteiger charge is 2.47. The summed E-state index contributed by atoms with van der Waals surface area (Å²) in [5.74, 6) is -5.67. The first kappa shape index (κ1) is 27.6. The zero-order valence-corrected chi connectivity index (χ0v) is 19.8. The summed E-state index contributed by atoms with van der Waals surface area (Å²) in [6, 6.07) is 4.34. The van der Waals surface area contributed by atoms with Gasteiger partial charge in [0.25, 0.3) is 11.9 Å². The number of phenols is 5. The summed E-state index contributed by atoms with van der Waals surface area (Å²) < 4.78 is 20.4. The average molecular weight is 553 g/mol. The first-order chi connectivity index (χ1) is 18.3. The van der Waals surface area contributed by atoms with Gasteiger partial charge in [-0.2, -0.15) is 0 Å². The smallest absolute Gasteiger partial charge is 0.317 e. The molecule has 1 fully saturated rings. The molecular formula is C24H25O15+. The van der Waals surface area contributed by atoms with Gasteiger partial charge in [0.15, 0.2) is 23.0 Å². The highest BCUT2D eigenvalue weighted by Crippen LogP contribution is 2.47. The number of carboxylic acids is 1. The van der Waals surface area contributed by atoms with Crippen LogP contribution in [-0.2, 0) is 23.8 Å². The fourth-order valence-corrected chi connectivity index (χ4v) is 4.04. The van der Waals surface area contributed by atoms with Crippen molar-refractivity contribution in [1.82, 2.24) is 0 Å². The van der Waals surface area contributed by atoms with Crippen LogP contribution in [-0.4, -0.2) is 99.9 Å². The van der Waals surface area contributed by atoms with Gasteiger partial charge in [0, 0.05) is 12.1 Å². The Morgan fingerprint density at radius 3 is 2.21 bits per heavy atom. The minimum Gasteiger partial charge on any atom is -0.571 e. The molecule has 210 valence electrons. The van der Waals surface area contributed by atoms with Gasteiger partial charge in [-0.1, -0.05) is 0 Å². The van der Waals surface area contributed by atoms with E-state index in [1.165, 1.54) is 12.1 Å². The fourth-order valence-electron chi connectivity index (χ4n) is 4.04. The van der Waals surface area contributed by atoms with Gasteiger partial charge in [-0.3, -0.25) is 9.59 Å². The third-order valence-corrected chi connectivity index (χ3v) is 5.98. The number of carbonyl (C=O) groups is 2. The summed E-state index contributed by atoms with van der Waals surface area (Å²) in [6.45, 7) is -0.702. The molecule has 0 radical (unpaired) electrons. The second kappa shape index (κ2) is 10.7. The Hall–Kier alpha value is -4.44. The molecule has 6 atom stereocenters. The molecule has 10 N–H and O–H groups in total. The number of carbonyl (C=O) groups excluding carboxylic acids is 1. The maximum atomic E-state index is 11.6. The first-order valence-corrected chi connectivity index (χ1v) is 11.3. The zero-order chi connectivity index (χ0) is 28.6. The number of phenolic OH excluding ortho intramolecular Hbond substituents is 5. The van der Waals surface area contributed by atoms with Crippen molar-refractivity contribution in [1.29, 1.82) is 0 Å². The van der Waals surface area contributed by atoms with E-state index in [4.69, 9.17) is 19.3 Å². The van der Waals surface area contributed by atoms with Gasteiger partial charge >= 0.3 is 11.9 Å². The van der Waals surface area contributed by atoms with Crippen molar-refractivity contribution >= 4 is 18.0 Å². The molecule has 4 unspecified atom stereocenters. The molecule has 0 amide bonds. The van der Waals surface area contributed by atoms with Gasteiger partial charge < -0.3 is 64.9 Å². The van der Waals surface area contributed by atoms with Gasteiger partial charge in [-0.25, -0.2) is 0 Å². The lowest BCUT2D eigenvalue weighted by Gasteiger charge is -2.40. The summed E-state index contributed by atoms with van der Waals surface area (Å²) in [5.41, 5.74) is 0.115. The number of esters is 1. The van der Waals surface area contributed by atoms with Gasteiger partial charge in [0.1, 0.15) is 54.5 Å². The monoisotopic (exact) mass is 553 g/mol. The number of benzene rings is 2. The number of aliphatic carboxylic acids is 1. The van der Waals surface area contributed by atoms with Crippen LogP contribution < -0.4 is 0 Å². The summed E-state index contributed by atoms with van der Waals surface area (Å²) >= 11 is 0. The summed E-state index contributed by atoms with van der Waals surface area (Å²) in [4.78, 5) is 22.3. The molecule has 0 bridgehead atoms. The molecule has 0 saturated carbocycles. The normalized spacial score (nSPS) is 26.1. The largest absolute Gasteiger partial charge is 0.571 e. The predicted molar refractivity (Wildman–Crippen MR) is 125 cm³/mol. The van der Waals surface area contributed by atoms with Gasteiger partial charge in [-0.05, 0) is 12.1 Å². The second-order valence-corrected chi connectivity index (χ2v) is 8.77. The third kappa shape index (κ3) is 5.70. The first-order valence-electron chi connectivity index (χ1n) is 11.3. The number of carboxylic acid groups (broad SMARTS) is 1. The van der Waals surface area contributed by atoms with Crippen molar-refractivity contribution in [3.8, 4) is 34.5 Å². The lowest BCUT2D eigenvalue weighted by molar-refractivity contribution is -0.296. The third-order valence-electron chi connectivity index (χ3n) is 5.98. The van der Waals surface area contributed by atoms with E-state index in [1.54, 1.807) is 0 Å². The van der Waals surface area contributed by atoms with E-state index in [0.29, 0.717) is 0 Å². The maximum absolute atomic E-state index is 11.6. The van der Waals surface area contributed by atoms with Crippen LogP contribution in [0.4, 0.5) is 0 Å². The number of ether oxygens (including phenoxy) is 4. The molecule has 2 aromatic rings. The van der Waals surface area contributed by atoms with Gasteiger partial charge in [-0.15, -0.1) is 0 Å². The number of fused-ring (bicyclic) bond motifs is 1. The molecule has 39 heavy (non-hydrogen) atoms. The fraction of sp³-hybridized carbons (Fsp3) is 0.333. The number of aromatic hydroxyl groups is 6. The summed E-state index contributed by atoms with van der Waals surface area (Å²) in [7, 11) is 0. The van der Waals surface area contributed by atoms with Crippen LogP contribution in [0.2, 0.25) is 0 Å². The van der Waals surface area contributed by atoms with Crippen molar-refractivity contribution in [2.24, 2.45) is 0 Å². The number of hydrogen-bond donors (Lipinski definition) is 9. The maximum Gasteiger partial charge on any atom is 0.317 e. The van der Waals surface area contributed by atoms with Crippen molar-refractivity contribution in [2.45, 2.75) is 43.2 Å². The highest BCUT2D eigenvalue weighted by atomic mass is 16.7. The topological polar surface area (TPSA) is 257 Å². The lowest BCUT2D eigenvalue weighted by Crippen LogP contribution is -2.59. The van der Waals surface area contributed by atoms with Crippen LogP contribution in [0.15, 0.2) is 30.0 Å². The van der Waals surface area contributed by atoms with Crippen LogP contribution in [0.1, 0.15) is 23.7 Å². The van der Waals surface area contributed by atoms with Crippen LogP contribution in [0.25, 0.3) is 6.08 Å². The molecule has 2 aliphatic heterocycles. The Balaban J connectivity index is 1.66. The standard InChI is InChI=1S/C24H24O15/c25-9-3-11(26)10-5-15(23(37-14(10)4-9)8-1-12(27)19(32)13(28)2-8)38-24-22(35)21(34)20(33)16(39-24)7-36-18(31)6-17(29)30/h1-5,16,20-28,32-35H,6-7H2,(H,29,30)/p+1/t16?,20-,21?,22?,23?,24-/m1/s1. The number of rotatable bonds is 7. The van der Waals surface area contributed by atoms with Gasteiger partial charge in [0.2, 0.25) is 6.29 Å². The minimum absolute atomic E-state index is 0.0487. The van der Waals surface area contributed by atoms with Crippen molar-refractivity contribution in [3.05, 3.63) is 41.2 Å². The van der Waals surface area contributed by atoms with Crippen LogP contribution in [0.5, 0.6) is 34.5 Å².